The molecule has 18 heavy (non-hydrogen) atoms. The summed E-state index contributed by atoms with van der Waals surface area (Å²) in [6.45, 7) is 9.44. The molecule has 0 N–H and O–H groups in total. The third kappa shape index (κ3) is 1.55. The van der Waals surface area contributed by atoms with Crippen molar-refractivity contribution in [3.63, 3.8) is 0 Å². The lowest BCUT2D eigenvalue weighted by atomic mass is 9.23. The van der Waals surface area contributed by atoms with E-state index in [1.54, 1.807) is 7.11 Å². The van der Waals surface area contributed by atoms with Gasteiger partial charge in [0, 0.05) is 19.0 Å². The zero-order valence-corrected chi connectivity index (χ0v) is 12.3. The molecule has 102 valence electrons. The second-order valence-corrected chi connectivity index (χ2v) is 7.72. The first kappa shape index (κ1) is 13.0. The number of rotatable bonds is 4. The zero-order chi connectivity index (χ0) is 13.2. The molecule has 0 unspecified atom stereocenters. The number of hydrogen-bond donors (Lipinski definition) is 0. The highest BCUT2D eigenvalue weighted by molar-refractivity contribution is 6.51. The van der Waals surface area contributed by atoms with Gasteiger partial charge in [-0.05, 0) is 58.8 Å². The van der Waals surface area contributed by atoms with Crippen LogP contribution in [0.15, 0.2) is 0 Å². The Hall–Kier alpha value is -0.0551. The van der Waals surface area contributed by atoms with Crippen molar-refractivity contribution in [2.45, 2.75) is 69.9 Å². The Morgan fingerprint density at radius 3 is 1.94 bits per heavy atom. The summed E-state index contributed by atoms with van der Waals surface area (Å²) in [6.07, 6.45) is 4.99. The highest BCUT2D eigenvalue weighted by Gasteiger charge is 2.75. The van der Waals surface area contributed by atoms with Gasteiger partial charge in [-0.1, -0.05) is 0 Å². The van der Waals surface area contributed by atoms with Crippen LogP contribution in [0.3, 0.4) is 0 Å². The minimum Gasteiger partial charge on any atom is -0.403 e. The minimum absolute atomic E-state index is 0.00641. The highest BCUT2D eigenvalue weighted by Crippen LogP contribution is 2.81. The van der Waals surface area contributed by atoms with Gasteiger partial charge in [-0.15, -0.1) is 0 Å². The normalized spacial score (nSPS) is 43.5. The van der Waals surface area contributed by atoms with E-state index in [9.17, 15) is 0 Å². The second-order valence-electron chi connectivity index (χ2n) is 7.72. The molecule has 1 heterocycles. The summed E-state index contributed by atoms with van der Waals surface area (Å²) in [5.41, 5.74) is 0.180. The van der Waals surface area contributed by atoms with Crippen LogP contribution in [-0.4, -0.2) is 32.0 Å². The van der Waals surface area contributed by atoms with Crippen LogP contribution in [0.4, 0.5) is 0 Å². The van der Waals surface area contributed by atoms with Crippen LogP contribution in [0.1, 0.15) is 53.4 Å². The highest BCUT2D eigenvalue weighted by atomic mass is 16.7. The summed E-state index contributed by atoms with van der Waals surface area (Å²) >= 11 is 0. The maximum Gasteiger partial charge on any atom is 0.464 e. The zero-order valence-electron chi connectivity index (χ0n) is 12.3. The molecule has 0 atom stereocenters. The molecule has 2 bridgehead atoms. The van der Waals surface area contributed by atoms with Crippen LogP contribution in [0.25, 0.3) is 0 Å². The molecule has 4 rings (SSSR count). The molecule has 0 radical (unpaired) electrons. The van der Waals surface area contributed by atoms with Gasteiger partial charge in [0.25, 0.3) is 0 Å². The molecule has 1 aliphatic heterocycles. The molecular weight excluding hydrogens is 227 g/mol. The first-order valence-electron chi connectivity index (χ1n) is 7.09. The topological polar surface area (TPSA) is 27.7 Å². The first-order chi connectivity index (χ1) is 8.24. The summed E-state index contributed by atoms with van der Waals surface area (Å²) in [7, 11) is 1.79. The second kappa shape index (κ2) is 3.53. The van der Waals surface area contributed by atoms with Gasteiger partial charge in [0.2, 0.25) is 0 Å². The quantitative estimate of drug-likeness (QED) is 0.720. The first-order valence-corrected chi connectivity index (χ1v) is 7.09. The molecule has 3 nitrogen and oxygen atoms in total. The van der Waals surface area contributed by atoms with Crippen molar-refractivity contribution >= 4 is 7.12 Å². The summed E-state index contributed by atoms with van der Waals surface area (Å²) in [4.78, 5) is 0. The van der Waals surface area contributed by atoms with Crippen molar-refractivity contribution in [2.24, 2.45) is 5.41 Å². The number of hydrogen-bond acceptors (Lipinski definition) is 3. The van der Waals surface area contributed by atoms with E-state index >= 15 is 0 Å². The lowest BCUT2D eigenvalue weighted by Gasteiger charge is -2.71. The van der Waals surface area contributed by atoms with E-state index in [2.05, 4.69) is 27.7 Å². The third-order valence-electron chi connectivity index (χ3n) is 5.77. The number of ether oxygens (including phenoxy) is 1. The molecule has 0 spiro atoms. The van der Waals surface area contributed by atoms with Crippen LogP contribution in [0.5, 0.6) is 0 Å². The van der Waals surface area contributed by atoms with Crippen molar-refractivity contribution in [3.8, 4) is 0 Å². The Morgan fingerprint density at radius 1 is 1.00 bits per heavy atom. The maximum atomic E-state index is 6.20. The van der Waals surface area contributed by atoms with Crippen molar-refractivity contribution in [3.05, 3.63) is 0 Å². The summed E-state index contributed by atoms with van der Waals surface area (Å²) < 4.78 is 17.6. The smallest absolute Gasteiger partial charge is 0.403 e. The van der Waals surface area contributed by atoms with Gasteiger partial charge in [0.1, 0.15) is 0 Å². The molecule has 0 aromatic carbocycles. The van der Waals surface area contributed by atoms with Gasteiger partial charge in [0.05, 0.1) is 11.2 Å². The molecule has 4 heteroatoms. The molecule has 1 saturated heterocycles. The van der Waals surface area contributed by atoms with Crippen LogP contribution in [0, 0.1) is 5.41 Å². The molecule has 0 aromatic rings. The largest absolute Gasteiger partial charge is 0.464 e. The molecule has 4 aliphatic rings. The minimum atomic E-state index is -0.188. The standard InChI is InChI=1S/C14H25BO3/c1-11(2)12(3,4)18-15(17-11)14-8-13(9-14,10-14)6-7-16-5/h6-10H2,1-5H3. The van der Waals surface area contributed by atoms with Gasteiger partial charge in [-0.3, -0.25) is 0 Å². The van der Waals surface area contributed by atoms with E-state index in [-0.39, 0.29) is 18.3 Å². The lowest BCUT2D eigenvalue weighted by molar-refractivity contribution is -0.124. The Labute approximate surface area is 111 Å². The fourth-order valence-electron chi connectivity index (χ4n) is 4.01. The average molecular weight is 252 g/mol. The van der Waals surface area contributed by atoms with Gasteiger partial charge in [-0.25, -0.2) is 0 Å². The van der Waals surface area contributed by atoms with Crippen LogP contribution in [0.2, 0.25) is 5.31 Å². The van der Waals surface area contributed by atoms with Crippen molar-refractivity contribution < 1.29 is 14.0 Å². The van der Waals surface area contributed by atoms with Crippen molar-refractivity contribution in [1.29, 1.82) is 0 Å². The Bertz CT molecular complexity index is 328. The third-order valence-corrected chi connectivity index (χ3v) is 5.77. The molecule has 0 amide bonds. The lowest BCUT2D eigenvalue weighted by Crippen LogP contribution is -2.64. The molecule has 0 aromatic heterocycles. The van der Waals surface area contributed by atoms with E-state index in [1.807, 2.05) is 0 Å². The SMILES string of the molecule is COCCC12CC(B3OC(C)(C)C(C)(C)O3)(C1)C2. The van der Waals surface area contributed by atoms with E-state index in [0.29, 0.717) is 10.7 Å². The predicted octanol–water partition coefficient (Wildman–Crippen LogP) is 3.04. The van der Waals surface area contributed by atoms with Crippen LogP contribution >= 0.6 is 0 Å². The molecule has 4 fully saturated rings. The summed E-state index contributed by atoms with van der Waals surface area (Å²) in [6, 6.07) is 0. The van der Waals surface area contributed by atoms with Crippen molar-refractivity contribution in [2.75, 3.05) is 13.7 Å². The van der Waals surface area contributed by atoms with E-state index in [4.69, 9.17) is 14.0 Å². The Morgan fingerprint density at radius 2 is 1.50 bits per heavy atom. The van der Waals surface area contributed by atoms with Crippen LogP contribution in [-0.2, 0) is 14.0 Å². The van der Waals surface area contributed by atoms with Crippen molar-refractivity contribution in [1.82, 2.24) is 0 Å². The molecule has 3 saturated carbocycles. The summed E-state index contributed by atoms with van der Waals surface area (Å²) in [5, 5.41) is 0.318. The van der Waals surface area contributed by atoms with E-state index in [1.165, 1.54) is 25.7 Å². The van der Waals surface area contributed by atoms with E-state index in [0.717, 1.165) is 6.61 Å². The number of methoxy groups -OCH3 is 1. The Kier molecular flexibility index (Phi) is 2.54. The predicted molar refractivity (Wildman–Crippen MR) is 71.6 cm³/mol. The van der Waals surface area contributed by atoms with Gasteiger partial charge in [0.15, 0.2) is 0 Å². The van der Waals surface area contributed by atoms with Gasteiger partial charge >= 0.3 is 7.12 Å². The fraction of sp³-hybridized carbons (Fsp3) is 1.00. The fourth-order valence-corrected chi connectivity index (χ4v) is 4.01. The van der Waals surface area contributed by atoms with E-state index < -0.39 is 0 Å². The maximum absolute atomic E-state index is 6.20. The van der Waals surface area contributed by atoms with Gasteiger partial charge < -0.3 is 14.0 Å². The average Bonchev–Trinajstić information content (AvgIpc) is 2.31. The molecule has 3 aliphatic carbocycles. The Balaban J connectivity index is 1.61. The van der Waals surface area contributed by atoms with Crippen LogP contribution < -0.4 is 0 Å². The monoisotopic (exact) mass is 252 g/mol. The van der Waals surface area contributed by atoms with Gasteiger partial charge in [-0.2, -0.15) is 0 Å². The molecular formula is C14H25BO3. The summed E-state index contributed by atoms with van der Waals surface area (Å²) in [5.74, 6) is 0.